The van der Waals surface area contributed by atoms with Gasteiger partial charge in [0.05, 0.1) is 0 Å². The van der Waals surface area contributed by atoms with Gasteiger partial charge >= 0.3 is 0 Å². The number of nitrogens with zero attached hydrogens (tertiary/aromatic N) is 1. The SMILES string of the molecule is CCCNC1CCCCC1N(CC)CC(C)CC. The van der Waals surface area contributed by atoms with E-state index in [4.69, 9.17) is 0 Å². The topological polar surface area (TPSA) is 15.3 Å². The third-order valence-electron chi connectivity index (χ3n) is 4.50. The smallest absolute Gasteiger partial charge is 0.0249 e. The van der Waals surface area contributed by atoms with Gasteiger partial charge in [-0.15, -0.1) is 0 Å². The minimum absolute atomic E-state index is 0.739. The van der Waals surface area contributed by atoms with Gasteiger partial charge in [-0.1, -0.05) is 47.0 Å². The summed E-state index contributed by atoms with van der Waals surface area (Å²) in [6, 6.07) is 1.52. The van der Waals surface area contributed by atoms with Crippen molar-refractivity contribution < 1.29 is 0 Å². The maximum Gasteiger partial charge on any atom is 0.0249 e. The maximum absolute atomic E-state index is 3.79. The lowest BCUT2D eigenvalue weighted by molar-refractivity contribution is 0.111. The van der Waals surface area contributed by atoms with Crippen molar-refractivity contribution in [2.24, 2.45) is 5.92 Å². The molecule has 0 aromatic rings. The Hall–Kier alpha value is -0.0800. The fourth-order valence-corrected chi connectivity index (χ4v) is 3.14. The summed E-state index contributed by atoms with van der Waals surface area (Å²) >= 11 is 0. The highest BCUT2D eigenvalue weighted by atomic mass is 15.2. The molecule has 108 valence electrons. The zero-order chi connectivity index (χ0) is 13.4. The van der Waals surface area contributed by atoms with Crippen LogP contribution in [0.5, 0.6) is 0 Å². The maximum atomic E-state index is 3.79. The second-order valence-corrected chi connectivity index (χ2v) is 6.01. The van der Waals surface area contributed by atoms with Gasteiger partial charge < -0.3 is 5.32 Å². The molecule has 1 fully saturated rings. The number of hydrogen-bond donors (Lipinski definition) is 1. The summed E-state index contributed by atoms with van der Waals surface area (Å²) in [7, 11) is 0. The van der Waals surface area contributed by atoms with Crippen molar-refractivity contribution in [1.29, 1.82) is 0 Å². The summed E-state index contributed by atoms with van der Waals surface area (Å²) < 4.78 is 0. The van der Waals surface area contributed by atoms with Crippen LogP contribution in [-0.2, 0) is 0 Å². The molecule has 1 aliphatic carbocycles. The molecular formula is C16H34N2. The number of rotatable bonds is 8. The van der Waals surface area contributed by atoms with Crippen molar-refractivity contribution in [2.75, 3.05) is 19.6 Å². The molecule has 0 saturated heterocycles. The van der Waals surface area contributed by atoms with Crippen LogP contribution in [0.15, 0.2) is 0 Å². The van der Waals surface area contributed by atoms with E-state index in [9.17, 15) is 0 Å². The first-order valence-electron chi connectivity index (χ1n) is 8.20. The number of hydrogen-bond acceptors (Lipinski definition) is 2. The van der Waals surface area contributed by atoms with E-state index in [0.29, 0.717) is 0 Å². The summed E-state index contributed by atoms with van der Waals surface area (Å²) in [4.78, 5) is 2.74. The number of likely N-dealkylation sites (N-methyl/N-ethyl adjacent to an activating group) is 1. The molecule has 0 aromatic heterocycles. The van der Waals surface area contributed by atoms with Crippen molar-refractivity contribution in [1.82, 2.24) is 10.2 Å². The average molecular weight is 254 g/mol. The zero-order valence-electron chi connectivity index (χ0n) is 13.0. The highest BCUT2D eigenvalue weighted by molar-refractivity contribution is 4.88. The molecule has 0 spiro atoms. The summed E-state index contributed by atoms with van der Waals surface area (Å²) in [6.45, 7) is 13.0. The molecule has 0 bridgehead atoms. The van der Waals surface area contributed by atoms with Crippen molar-refractivity contribution in [3.63, 3.8) is 0 Å². The fraction of sp³-hybridized carbons (Fsp3) is 1.00. The Morgan fingerprint density at radius 1 is 1.17 bits per heavy atom. The van der Waals surface area contributed by atoms with Crippen LogP contribution in [0.4, 0.5) is 0 Å². The van der Waals surface area contributed by atoms with Crippen molar-refractivity contribution in [2.45, 2.75) is 78.3 Å². The molecule has 0 aromatic carbocycles. The highest BCUT2D eigenvalue weighted by Gasteiger charge is 2.29. The summed E-state index contributed by atoms with van der Waals surface area (Å²) in [6.07, 6.45) is 8.16. The molecule has 3 atom stereocenters. The van der Waals surface area contributed by atoms with Crippen molar-refractivity contribution in [3.8, 4) is 0 Å². The van der Waals surface area contributed by atoms with Crippen LogP contribution in [0.1, 0.15) is 66.2 Å². The van der Waals surface area contributed by atoms with E-state index in [1.807, 2.05) is 0 Å². The Bertz CT molecular complexity index is 205. The van der Waals surface area contributed by atoms with Gasteiger partial charge in [0.25, 0.3) is 0 Å². The lowest BCUT2D eigenvalue weighted by Crippen LogP contribution is -2.52. The van der Waals surface area contributed by atoms with Gasteiger partial charge in [-0.05, 0) is 38.3 Å². The van der Waals surface area contributed by atoms with E-state index >= 15 is 0 Å². The molecular weight excluding hydrogens is 220 g/mol. The quantitative estimate of drug-likeness (QED) is 0.711. The van der Waals surface area contributed by atoms with Gasteiger partial charge in [0.1, 0.15) is 0 Å². The predicted molar refractivity (Wildman–Crippen MR) is 81.0 cm³/mol. The molecule has 1 N–H and O–H groups in total. The molecule has 1 rings (SSSR count). The van der Waals surface area contributed by atoms with Crippen LogP contribution in [-0.4, -0.2) is 36.6 Å². The molecule has 0 heterocycles. The van der Waals surface area contributed by atoms with E-state index in [2.05, 4.69) is 37.9 Å². The van der Waals surface area contributed by atoms with E-state index < -0.39 is 0 Å². The summed E-state index contributed by atoms with van der Waals surface area (Å²) in [5.41, 5.74) is 0. The molecule has 2 nitrogen and oxygen atoms in total. The molecule has 3 unspecified atom stereocenters. The predicted octanol–water partition coefficient (Wildman–Crippen LogP) is 3.67. The summed E-state index contributed by atoms with van der Waals surface area (Å²) in [5.74, 6) is 0.832. The molecule has 0 amide bonds. The molecule has 1 saturated carbocycles. The van der Waals surface area contributed by atoms with E-state index in [1.165, 1.54) is 58.2 Å². The Balaban J connectivity index is 2.55. The lowest BCUT2D eigenvalue weighted by Gasteiger charge is -2.41. The van der Waals surface area contributed by atoms with E-state index in [0.717, 1.165) is 18.0 Å². The summed E-state index contributed by atoms with van der Waals surface area (Å²) in [5, 5.41) is 3.79. The Kier molecular flexibility index (Phi) is 7.92. The third-order valence-corrected chi connectivity index (χ3v) is 4.50. The standard InChI is InChI=1S/C16H34N2/c1-5-12-17-15-10-8-9-11-16(15)18(7-3)13-14(4)6-2/h14-17H,5-13H2,1-4H3. The van der Waals surface area contributed by atoms with Gasteiger partial charge in [-0.3, -0.25) is 4.90 Å². The first kappa shape index (κ1) is 16.0. The molecule has 1 aliphatic rings. The number of nitrogens with one attached hydrogen (secondary N) is 1. The monoisotopic (exact) mass is 254 g/mol. The van der Waals surface area contributed by atoms with Gasteiger partial charge in [-0.2, -0.15) is 0 Å². The van der Waals surface area contributed by atoms with E-state index in [-0.39, 0.29) is 0 Å². The minimum atomic E-state index is 0.739. The van der Waals surface area contributed by atoms with Crippen LogP contribution >= 0.6 is 0 Å². The van der Waals surface area contributed by atoms with Gasteiger partial charge in [0.2, 0.25) is 0 Å². The molecule has 0 radical (unpaired) electrons. The van der Waals surface area contributed by atoms with Crippen LogP contribution in [0.2, 0.25) is 0 Å². The van der Waals surface area contributed by atoms with Gasteiger partial charge in [-0.25, -0.2) is 0 Å². The first-order valence-corrected chi connectivity index (χ1v) is 8.20. The van der Waals surface area contributed by atoms with Gasteiger partial charge in [0.15, 0.2) is 0 Å². The lowest BCUT2D eigenvalue weighted by atomic mass is 9.88. The third kappa shape index (κ3) is 4.89. The van der Waals surface area contributed by atoms with E-state index in [1.54, 1.807) is 0 Å². The Morgan fingerprint density at radius 3 is 2.50 bits per heavy atom. The molecule has 2 heteroatoms. The highest BCUT2D eigenvalue weighted by Crippen LogP contribution is 2.24. The average Bonchev–Trinajstić information content (AvgIpc) is 2.42. The van der Waals surface area contributed by atoms with Crippen molar-refractivity contribution >= 4 is 0 Å². The first-order chi connectivity index (χ1) is 8.72. The molecule has 0 aliphatic heterocycles. The normalized spacial score (nSPS) is 26.5. The van der Waals surface area contributed by atoms with Crippen LogP contribution in [0, 0.1) is 5.92 Å². The zero-order valence-corrected chi connectivity index (χ0v) is 13.0. The minimum Gasteiger partial charge on any atom is -0.312 e. The second kappa shape index (κ2) is 8.92. The Morgan fingerprint density at radius 2 is 1.89 bits per heavy atom. The van der Waals surface area contributed by atoms with Crippen molar-refractivity contribution in [3.05, 3.63) is 0 Å². The fourth-order valence-electron chi connectivity index (χ4n) is 3.14. The van der Waals surface area contributed by atoms with Crippen LogP contribution in [0.25, 0.3) is 0 Å². The van der Waals surface area contributed by atoms with Gasteiger partial charge in [0, 0.05) is 18.6 Å². The second-order valence-electron chi connectivity index (χ2n) is 6.01. The van der Waals surface area contributed by atoms with Crippen LogP contribution in [0.3, 0.4) is 0 Å². The Labute approximate surface area is 115 Å². The van der Waals surface area contributed by atoms with Crippen LogP contribution < -0.4 is 5.32 Å². The molecule has 18 heavy (non-hydrogen) atoms. The largest absolute Gasteiger partial charge is 0.312 e.